The van der Waals surface area contributed by atoms with Gasteiger partial charge in [-0.3, -0.25) is 24.6 Å². The highest BCUT2D eigenvalue weighted by molar-refractivity contribution is 7.22. The zero-order valence-electron chi connectivity index (χ0n) is 20.4. The molecule has 190 valence electrons. The number of aliphatic hydroxyl groups is 1. The van der Waals surface area contributed by atoms with Gasteiger partial charge in [0.25, 0.3) is 11.5 Å². The number of nitrogens with zero attached hydrogens (tertiary/aromatic N) is 3. The molecule has 3 heterocycles. The van der Waals surface area contributed by atoms with E-state index in [1.54, 1.807) is 18.2 Å². The Balaban J connectivity index is 1.53. The molecule has 0 aliphatic carbocycles. The lowest BCUT2D eigenvalue weighted by Crippen LogP contribution is -2.29. The quantitative estimate of drug-likeness (QED) is 0.123. The van der Waals surface area contributed by atoms with Crippen molar-refractivity contribution in [2.24, 2.45) is 0 Å². The van der Waals surface area contributed by atoms with Crippen molar-refractivity contribution in [3.63, 3.8) is 0 Å². The molecule has 0 radical (unpaired) electrons. The summed E-state index contributed by atoms with van der Waals surface area (Å²) in [4.78, 5) is 43.5. The lowest BCUT2D eigenvalue weighted by atomic mass is 9.94. The van der Waals surface area contributed by atoms with Crippen molar-refractivity contribution >= 4 is 49.8 Å². The van der Waals surface area contributed by atoms with Crippen molar-refractivity contribution in [3.8, 4) is 5.75 Å². The summed E-state index contributed by atoms with van der Waals surface area (Å²) in [7, 11) is 0. The number of aryl methyl sites for hydroxylation is 1. The maximum atomic E-state index is 13.5. The maximum absolute atomic E-state index is 13.5. The standard InChI is InChI=1S/C28H21N3O6S/c1-14-3-9-20-22(11-14)38-28(29-20)30-24(16-4-7-19(8-5-16)31(35)36)23(26(33)27(30)34)25(32)17-6-10-21-18(13-17)12-15(2)37-21/h3-11,13,15,24,32H,12H2,1-2H3/b25-23+/t15-,24-/m1/s1. The molecule has 2 aliphatic heterocycles. The van der Waals surface area contributed by atoms with Gasteiger partial charge in [-0.05, 0) is 73.0 Å². The predicted molar refractivity (Wildman–Crippen MR) is 142 cm³/mol. The van der Waals surface area contributed by atoms with Gasteiger partial charge in [0.15, 0.2) is 5.13 Å². The van der Waals surface area contributed by atoms with Crippen LogP contribution in [-0.4, -0.2) is 32.8 Å². The minimum atomic E-state index is -1.03. The molecule has 2 aliphatic rings. The number of Topliss-reactive ketones (excluding diaryl/α,β-unsaturated/α-hetero) is 1. The second-order valence-electron chi connectivity index (χ2n) is 9.44. The Hall–Kier alpha value is -4.57. The van der Waals surface area contributed by atoms with Crippen LogP contribution in [0.15, 0.2) is 66.2 Å². The van der Waals surface area contributed by atoms with Gasteiger partial charge in [-0.25, -0.2) is 4.98 Å². The molecule has 0 bridgehead atoms. The summed E-state index contributed by atoms with van der Waals surface area (Å²) < 4.78 is 6.59. The minimum absolute atomic E-state index is 0.00393. The molecule has 4 aromatic rings. The van der Waals surface area contributed by atoms with Crippen LogP contribution in [0.3, 0.4) is 0 Å². The number of benzene rings is 3. The number of nitro groups is 1. The van der Waals surface area contributed by atoms with Gasteiger partial charge in [-0.2, -0.15) is 0 Å². The third-order valence-corrected chi connectivity index (χ3v) is 7.79. The van der Waals surface area contributed by atoms with E-state index in [1.807, 2.05) is 32.0 Å². The van der Waals surface area contributed by atoms with Crippen LogP contribution in [0.1, 0.15) is 35.2 Å². The molecule has 1 N–H and O–H groups in total. The Morgan fingerprint density at radius 1 is 1.13 bits per heavy atom. The van der Waals surface area contributed by atoms with Crippen molar-refractivity contribution in [2.45, 2.75) is 32.4 Å². The van der Waals surface area contributed by atoms with Crippen molar-refractivity contribution in [1.29, 1.82) is 0 Å². The number of thiazole rings is 1. The molecule has 6 rings (SSSR count). The van der Waals surface area contributed by atoms with Crippen LogP contribution < -0.4 is 9.64 Å². The number of ketones is 1. The van der Waals surface area contributed by atoms with E-state index in [2.05, 4.69) is 4.98 Å². The number of hydrogen-bond donors (Lipinski definition) is 1. The first kappa shape index (κ1) is 23.8. The van der Waals surface area contributed by atoms with Gasteiger partial charge in [0.1, 0.15) is 17.6 Å². The summed E-state index contributed by atoms with van der Waals surface area (Å²) in [6.07, 6.45) is 0.651. The molecule has 38 heavy (non-hydrogen) atoms. The molecule has 2 atom stereocenters. The van der Waals surface area contributed by atoms with Gasteiger partial charge in [-0.1, -0.05) is 17.4 Å². The number of rotatable bonds is 4. The Kier molecular flexibility index (Phi) is 5.50. The Morgan fingerprint density at radius 2 is 1.89 bits per heavy atom. The molecule has 9 nitrogen and oxygen atoms in total. The summed E-state index contributed by atoms with van der Waals surface area (Å²) in [5, 5.41) is 23.0. The van der Waals surface area contributed by atoms with Crippen molar-refractivity contribution in [2.75, 3.05) is 4.90 Å². The van der Waals surface area contributed by atoms with E-state index >= 15 is 0 Å². The fourth-order valence-electron chi connectivity index (χ4n) is 4.97. The summed E-state index contributed by atoms with van der Waals surface area (Å²) in [5.41, 5.74) is 3.17. The van der Waals surface area contributed by atoms with E-state index in [0.29, 0.717) is 33.9 Å². The molecule has 0 unspecified atom stereocenters. The fourth-order valence-corrected chi connectivity index (χ4v) is 6.06. The van der Waals surface area contributed by atoms with Gasteiger partial charge in [0.2, 0.25) is 0 Å². The number of anilines is 1. The molecule has 0 saturated carbocycles. The van der Waals surface area contributed by atoms with Gasteiger partial charge >= 0.3 is 5.91 Å². The van der Waals surface area contributed by atoms with Gasteiger partial charge < -0.3 is 9.84 Å². The number of carbonyl (C=O) groups is 2. The Bertz CT molecular complexity index is 1690. The van der Waals surface area contributed by atoms with E-state index < -0.39 is 22.7 Å². The Labute approximate surface area is 220 Å². The average molecular weight is 528 g/mol. The predicted octanol–water partition coefficient (Wildman–Crippen LogP) is 5.46. The molecule has 1 fully saturated rings. The molecule has 3 aromatic carbocycles. The van der Waals surface area contributed by atoms with Crippen LogP contribution in [0.2, 0.25) is 0 Å². The number of aliphatic hydroxyl groups excluding tert-OH is 1. The third kappa shape index (κ3) is 3.81. The number of amides is 1. The highest BCUT2D eigenvalue weighted by atomic mass is 32.1. The number of nitro benzene ring substituents is 1. The number of carbonyl (C=O) groups excluding carboxylic acids is 2. The van der Waals surface area contributed by atoms with Crippen LogP contribution in [0, 0.1) is 17.0 Å². The number of ether oxygens (including phenoxy) is 1. The topological polar surface area (TPSA) is 123 Å². The van der Waals surface area contributed by atoms with Crippen LogP contribution in [0.5, 0.6) is 5.75 Å². The number of non-ortho nitro benzene ring substituents is 1. The van der Waals surface area contributed by atoms with Gasteiger partial charge in [0.05, 0.1) is 26.8 Å². The molecular formula is C28H21N3O6S. The Morgan fingerprint density at radius 3 is 2.63 bits per heavy atom. The van der Waals surface area contributed by atoms with E-state index in [1.165, 1.54) is 40.5 Å². The largest absolute Gasteiger partial charge is 0.507 e. The summed E-state index contributed by atoms with van der Waals surface area (Å²) >= 11 is 1.26. The zero-order chi connectivity index (χ0) is 26.7. The number of hydrogen-bond acceptors (Lipinski definition) is 8. The van der Waals surface area contributed by atoms with Crippen LogP contribution in [0.4, 0.5) is 10.8 Å². The normalized spacial score (nSPS) is 20.1. The van der Waals surface area contributed by atoms with E-state index in [4.69, 9.17) is 4.74 Å². The zero-order valence-corrected chi connectivity index (χ0v) is 21.2. The van der Waals surface area contributed by atoms with Crippen molar-refractivity contribution in [3.05, 3.63) is 98.6 Å². The fraction of sp³-hybridized carbons (Fsp3) is 0.179. The molecule has 10 heteroatoms. The second-order valence-corrected chi connectivity index (χ2v) is 10.4. The summed E-state index contributed by atoms with van der Waals surface area (Å²) in [6.45, 7) is 3.89. The van der Waals surface area contributed by atoms with E-state index in [-0.39, 0.29) is 23.1 Å². The van der Waals surface area contributed by atoms with Crippen LogP contribution in [-0.2, 0) is 16.0 Å². The van der Waals surface area contributed by atoms with E-state index in [9.17, 15) is 24.8 Å². The van der Waals surface area contributed by atoms with Crippen molar-refractivity contribution in [1.82, 2.24) is 4.98 Å². The monoisotopic (exact) mass is 527 g/mol. The smallest absolute Gasteiger partial charge is 0.301 e. The van der Waals surface area contributed by atoms with Gasteiger partial charge in [-0.15, -0.1) is 0 Å². The van der Waals surface area contributed by atoms with E-state index in [0.717, 1.165) is 15.8 Å². The lowest BCUT2D eigenvalue weighted by Gasteiger charge is -2.23. The highest BCUT2D eigenvalue weighted by Gasteiger charge is 2.48. The van der Waals surface area contributed by atoms with Crippen LogP contribution >= 0.6 is 11.3 Å². The highest BCUT2D eigenvalue weighted by Crippen LogP contribution is 2.45. The van der Waals surface area contributed by atoms with Gasteiger partial charge in [0, 0.05) is 24.1 Å². The SMILES string of the molecule is Cc1ccc2nc(N3C(=O)C(=O)/C(=C(/O)c4ccc5c(c4)C[C@@H](C)O5)[C@H]3c3ccc([N+](=O)[O-])cc3)sc2c1. The average Bonchev–Trinajstić information content (AvgIpc) is 3.55. The summed E-state index contributed by atoms with van der Waals surface area (Å²) in [5.74, 6) is -1.30. The molecule has 1 amide bonds. The molecule has 0 spiro atoms. The first-order chi connectivity index (χ1) is 18.2. The third-order valence-electron chi connectivity index (χ3n) is 6.77. The number of aromatic nitrogens is 1. The summed E-state index contributed by atoms with van der Waals surface area (Å²) in [6, 6.07) is 15.4. The first-order valence-corrected chi connectivity index (χ1v) is 12.8. The molecule has 1 aromatic heterocycles. The minimum Gasteiger partial charge on any atom is -0.507 e. The second kappa shape index (κ2) is 8.77. The first-order valence-electron chi connectivity index (χ1n) is 11.9. The molecule has 1 saturated heterocycles. The van der Waals surface area contributed by atoms with Crippen molar-refractivity contribution < 1.29 is 24.4 Å². The maximum Gasteiger partial charge on any atom is 0.301 e. The lowest BCUT2D eigenvalue weighted by molar-refractivity contribution is -0.384. The molecular weight excluding hydrogens is 506 g/mol. The number of fused-ring (bicyclic) bond motifs is 2. The van der Waals surface area contributed by atoms with Crippen LogP contribution in [0.25, 0.3) is 16.0 Å².